The van der Waals surface area contributed by atoms with Crippen molar-refractivity contribution in [2.45, 2.75) is 56.8 Å². The first-order chi connectivity index (χ1) is 9.29. The van der Waals surface area contributed by atoms with Crippen LogP contribution in [0.3, 0.4) is 0 Å². The van der Waals surface area contributed by atoms with Gasteiger partial charge >= 0.3 is 6.18 Å². The molecule has 0 saturated carbocycles. The quantitative estimate of drug-likeness (QED) is 0.865. The highest BCUT2D eigenvalue weighted by atomic mass is 19.4. The Morgan fingerprint density at radius 2 is 1.65 bits per heavy atom. The summed E-state index contributed by atoms with van der Waals surface area (Å²) in [5, 5.41) is 9.60. The van der Waals surface area contributed by atoms with Crippen molar-refractivity contribution in [2.24, 2.45) is 0 Å². The molecule has 3 nitrogen and oxygen atoms in total. The number of β-amino-alcohol motifs (C(OH)–C–C–N with tert-alkyl or cyclic N) is 1. The highest BCUT2D eigenvalue weighted by molar-refractivity contribution is 4.87. The molecule has 0 bridgehead atoms. The molecule has 0 aliphatic carbocycles. The molecule has 0 radical (unpaired) electrons. The van der Waals surface area contributed by atoms with Crippen molar-refractivity contribution >= 4 is 0 Å². The van der Waals surface area contributed by atoms with Gasteiger partial charge in [0.15, 0.2) is 5.60 Å². The number of hydrogen-bond acceptors (Lipinski definition) is 3. The second-order valence-corrected chi connectivity index (χ2v) is 6.38. The molecule has 1 N–H and O–H groups in total. The zero-order valence-electron chi connectivity index (χ0n) is 12.1. The molecule has 118 valence electrons. The fourth-order valence-electron chi connectivity index (χ4n) is 3.29. The van der Waals surface area contributed by atoms with Crippen molar-refractivity contribution in [3.05, 3.63) is 0 Å². The van der Waals surface area contributed by atoms with Gasteiger partial charge in [-0.2, -0.15) is 13.2 Å². The van der Waals surface area contributed by atoms with E-state index in [1.807, 2.05) is 0 Å². The Hall–Kier alpha value is -0.330. The third kappa shape index (κ3) is 3.86. The number of aliphatic hydroxyl groups is 1. The van der Waals surface area contributed by atoms with Crippen molar-refractivity contribution < 1.29 is 18.3 Å². The fraction of sp³-hybridized carbons (Fsp3) is 1.00. The first-order valence-electron chi connectivity index (χ1n) is 7.55. The molecule has 2 atom stereocenters. The number of halogens is 3. The second-order valence-electron chi connectivity index (χ2n) is 6.38. The van der Waals surface area contributed by atoms with Crippen LogP contribution >= 0.6 is 0 Å². The van der Waals surface area contributed by atoms with Gasteiger partial charge in [0.25, 0.3) is 0 Å². The first-order valence-corrected chi connectivity index (χ1v) is 7.55. The molecule has 2 saturated heterocycles. The highest BCUT2D eigenvalue weighted by Crippen LogP contribution is 2.31. The number of nitrogens with zero attached hydrogens (tertiary/aromatic N) is 2. The largest absolute Gasteiger partial charge is 0.418 e. The molecule has 20 heavy (non-hydrogen) atoms. The topological polar surface area (TPSA) is 26.7 Å². The van der Waals surface area contributed by atoms with Crippen molar-refractivity contribution in [1.82, 2.24) is 9.80 Å². The van der Waals surface area contributed by atoms with Crippen molar-refractivity contribution in [3.63, 3.8) is 0 Å². The van der Waals surface area contributed by atoms with Gasteiger partial charge in [-0.05, 0) is 65.2 Å². The third-order valence-corrected chi connectivity index (χ3v) is 4.59. The number of likely N-dealkylation sites (tertiary alicyclic amines) is 2. The molecule has 2 heterocycles. The van der Waals surface area contributed by atoms with Gasteiger partial charge in [0, 0.05) is 12.6 Å². The molecule has 2 aliphatic heterocycles. The van der Waals surface area contributed by atoms with Crippen LogP contribution in [-0.4, -0.2) is 65.4 Å². The van der Waals surface area contributed by atoms with Crippen LogP contribution in [0.4, 0.5) is 13.2 Å². The van der Waals surface area contributed by atoms with Gasteiger partial charge in [-0.3, -0.25) is 0 Å². The number of alkyl halides is 3. The van der Waals surface area contributed by atoms with E-state index in [9.17, 15) is 18.3 Å². The highest BCUT2D eigenvalue weighted by Gasteiger charge is 2.50. The van der Waals surface area contributed by atoms with E-state index < -0.39 is 11.8 Å². The molecule has 0 unspecified atom stereocenters. The summed E-state index contributed by atoms with van der Waals surface area (Å²) in [5.74, 6) is 0. The lowest BCUT2D eigenvalue weighted by Gasteiger charge is -2.32. The number of hydrogen-bond donors (Lipinski definition) is 1. The molecule has 0 spiro atoms. The molecule has 2 fully saturated rings. The Bertz CT molecular complexity index is 314. The summed E-state index contributed by atoms with van der Waals surface area (Å²) in [7, 11) is 0. The summed E-state index contributed by atoms with van der Waals surface area (Å²) in [5.41, 5.74) is -2.61. The molecule has 0 aromatic heterocycles. The van der Waals surface area contributed by atoms with Crippen LogP contribution in [0.25, 0.3) is 0 Å². The SMILES string of the molecule is C[C@](O)(CN1CCC[C@H](N2CCCC2)CC1)C(F)(F)F. The minimum absolute atomic E-state index is 0.316. The molecule has 2 rings (SSSR count). The average molecular weight is 294 g/mol. The summed E-state index contributed by atoms with van der Waals surface area (Å²) in [6, 6.07) is 0.512. The van der Waals surface area contributed by atoms with Crippen LogP contribution in [0.2, 0.25) is 0 Å². The maximum absolute atomic E-state index is 12.7. The number of rotatable bonds is 3. The van der Waals surface area contributed by atoms with Crippen molar-refractivity contribution in [2.75, 3.05) is 32.7 Å². The van der Waals surface area contributed by atoms with Gasteiger partial charge in [-0.25, -0.2) is 0 Å². The Balaban J connectivity index is 1.86. The van der Waals surface area contributed by atoms with E-state index in [0.29, 0.717) is 19.1 Å². The van der Waals surface area contributed by atoms with E-state index in [1.54, 1.807) is 4.90 Å². The molecule has 6 heteroatoms. The average Bonchev–Trinajstić information content (AvgIpc) is 2.76. The Morgan fingerprint density at radius 1 is 1.00 bits per heavy atom. The van der Waals surface area contributed by atoms with Gasteiger partial charge in [0.05, 0.1) is 0 Å². The van der Waals surface area contributed by atoms with Crippen molar-refractivity contribution in [1.29, 1.82) is 0 Å². The van der Waals surface area contributed by atoms with Crippen molar-refractivity contribution in [3.8, 4) is 0 Å². The Labute approximate surface area is 118 Å². The minimum atomic E-state index is -4.56. The maximum Gasteiger partial charge on any atom is 0.418 e. The van der Waals surface area contributed by atoms with E-state index in [0.717, 1.165) is 39.3 Å². The lowest BCUT2D eigenvalue weighted by molar-refractivity contribution is -0.257. The molecule has 2 aliphatic rings. The van der Waals surface area contributed by atoms with Crippen LogP contribution in [0.5, 0.6) is 0 Å². The maximum atomic E-state index is 12.7. The third-order valence-electron chi connectivity index (χ3n) is 4.59. The van der Waals surface area contributed by atoms with Gasteiger partial charge in [-0.1, -0.05) is 0 Å². The summed E-state index contributed by atoms with van der Waals surface area (Å²) in [6.07, 6.45) is 0.799. The van der Waals surface area contributed by atoms with Gasteiger partial charge < -0.3 is 14.9 Å². The van der Waals surface area contributed by atoms with E-state index >= 15 is 0 Å². The second kappa shape index (κ2) is 6.20. The molecular formula is C14H25F3N2O. The van der Waals surface area contributed by atoms with E-state index in [-0.39, 0.29) is 6.54 Å². The normalized spacial score (nSPS) is 30.1. The summed E-state index contributed by atoms with van der Waals surface area (Å²) >= 11 is 0. The Morgan fingerprint density at radius 3 is 2.25 bits per heavy atom. The van der Waals surface area contributed by atoms with Gasteiger partial charge in [-0.15, -0.1) is 0 Å². The fourth-order valence-corrected chi connectivity index (χ4v) is 3.29. The monoisotopic (exact) mass is 294 g/mol. The molecule has 0 aromatic rings. The predicted molar refractivity (Wildman–Crippen MR) is 71.6 cm³/mol. The van der Waals surface area contributed by atoms with E-state index in [4.69, 9.17) is 0 Å². The van der Waals surface area contributed by atoms with Crippen LogP contribution in [0.15, 0.2) is 0 Å². The van der Waals surface area contributed by atoms with Gasteiger partial charge in [0.1, 0.15) is 0 Å². The Kier molecular flexibility index (Phi) is 4.97. The zero-order valence-corrected chi connectivity index (χ0v) is 12.1. The van der Waals surface area contributed by atoms with Crippen LogP contribution in [0.1, 0.15) is 39.0 Å². The smallest absolute Gasteiger partial charge is 0.380 e. The minimum Gasteiger partial charge on any atom is -0.380 e. The van der Waals surface area contributed by atoms with E-state index in [2.05, 4.69) is 4.90 Å². The molecule has 0 aromatic carbocycles. The van der Waals surface area contributed by atoms with Crippen LogP contribution < -0.4 is 0 Å². The first kappa shape index (κ1) is 16.0. The zero-order chi connectivity index (χ0) is 14.8. The van der Waals surface area contributed by atoms with E-state index in [1.165, 1.54) is 12.8 Å². The van der Waals surface area contributed by atoms with Crippen LogP contribution in [-0.2, 0) is 0 Å². The summed E-state index contributed by atoms with van der Waals surface area (Å²) in [6.45, 7) is 4.11. The van der Waals surface area contributed by atoms with Gasteiger partial charge in [0.2, 0.25) is 0 Å². The summed E-state index contributed by atoms with van der Waals surface area (Å²) < 4.78 is 38.2. The molecular weight excluding hydrogens is 269 g/mol. The lowest BCUT2D eigenvalue weighted by atomic mass is 10.1. The van der Waals surface area contributed by atoms with Crippen LogP contribution in [0, 0.1) is 0 Å². The molecule has 0 amide bonds. The standard InChI is InChI=1S/C14H25F3N2O/c1-13(20,14(15,16)17)11-18-7-4-5-12(6-10-18)19-8-2-3-9-19/h12,20H,2-11H2,1H3/t12-,13-/m0/s1. The summed E-state index contributed by atoms with van der Waals surface area (Å²) in [4.78, 5) is 4.25. The lowest BCUT2D eigenvalue weighted by Crippen LogP contribution is -2.51. The predicted octanol–water partition coefficient (Wildman–Crippen LogP) is 2.25.